The van der Waals surface area contributed by atoms with Crippen LogP contribution in [0.5, 0.6) is 0 Å². The monoisotopic (exact) mass is 265 g/mol. The van der Waals surface area contributed by atoms with E-state index >= 15 is 0 Å². The molecule has 2 saturated heterocycles. The summed E-state index contributed by atoms with van der Waals surface area (Å²) in [6.45, 7) is 0.611. The van der Waals surface area contributed by atoms with Crippen LogP contribution >= 0.6 is 0 Å². The third-order valence-electron chi connectivity index (χ3n) is 4.29. The summed E-state index contributed by atoms with van der Waals surface area (Å²) in [5.74, 6) is -1.26. The highest BCUT2D eigenvalue weighted by Gasteiger charge is 2.37. The van der Waals surface area contributed by atoms with Gasteiger partial charge in [-0.2, -0.15) is 0 Å². The molecule has 19 heavy (non-hydrogen) atoms. The second kappa shape index (κ2) is 5.00. The molecule has 2 atom stereocenters. The lowest BCUT2D eigenvalue weighted by Crippen LogP contribution is -2.51. The van der Waals surface area contributed by atoms with Crippen LogP contribution in [0.2, 0.25) is 0 Å². The summed E-state index contributed by atoms with van der Waals surface area (Å²) in [6, 6.07) is 4.64. The lowest BCUT2D eigenvalue weighted by molar-refractivity contribution is -0.127. The third kappa shape index (κ3) is 2.54. The molecule has 2 nitrogen and oxygen atoms in total. The molecule has 0 spiro atoms. The molecule has 1 aromatic rings. The van der Waals surface area contributed by atoms with Crippen LogP contribution in [0.15, 0.2) is 18.2 Å². The zero-order chi connectivity index (χ0) is 13.4. The fraction of sp³-hybridized carbons (Fsp3) is 0.533. The quantitative estimate of drug-likeness (QED) is 0.819. The Morgan fingerprint density at radius 1 is 1.11 bits per heavy atom. The van der Waals surface area contributed by atoms with Gasteiger partial charge in [-0.25, -0.2) is 8.78 Å². The van der Waals surface area contributed by atoms with Gasteiger partial charge in [0, 0.05) is 31.5 Å². The number of hydrogen-bond donors (Lipinski definition) is 0. The van der Waals surface area contributed by atoms with E-state index in [4.69, 9.17) is 0 Å². The first-order valence-electron chi connectivity index (χ1n) is 6.85. The van der Waals surface area contributed by atoms with Crippen LogP contribution in [0.25, 0.3) is 0 Å². The first-order chi connectivity index (χ1) is 9.13. The molecule has 4 heteroatoms. The Balaban J connectivity index is 1.78. The Labute approximate surface area is 111 Å². The van der Waals surface area contributed by atoms with Gasteiger partial charge in [-0.1, -0.05) is 12.5 Å². The van der Waals surface area contributed by atoms with Crippen molar-refractivity contribution in [2.75, 3.05) is 0 Å². The number of rotatable bonds is 2. The van der Waals surface area contributed by atoms with Crippen molar-refractivity contribution in [3.8, 4) is 0 Å². The molecule has 0 saturated carbocycles. The largest absolute Gasteiger partial charge is 0.300 e. The lowest BCUT2D eigenvalue weighted by Gasteiger charge is -2.45. The number of hydrogen-bond acceptors (Lipinski definition) is 2. The van der Waals surface area contributed by atoms with Crippen LogP contribution in [0.4, 0.5) is 8.78 Å². The van der Waals surface area contributed by atoms with Crippen LogP contribution in [-0.4, -0.2) is 22.8 Å². The molecule has 0 radical (unpaired) electrons. The van der Waals surface area contributed by atoms with Crippen molar-refractivity contribution in [3.63, 3.8) is 0 Å². The molecule has 2 aliphatic rings. The molecule has 2 unspecified atom stereocenters. The van der Waals surface area contributed by atoms with Crippen molar-refractivity contribution in [2.45, 2.75) is 50.7 Å². The van der Waals surface area contributed by atoms with E-state index in [1.807, 2.05) is 0 Å². The number of halogens is 2. The number of carbonyl (C=O) groups is 1. The Kier molecular flexibility index (Phi) is 3.35. The number of ketones is 1. The zero-order valence-corrected chi connectivity index (χ0v) is 10.7. The minimum absolute atomic E-state index is 0.285. The number of piperidine rings is 2. The third-order valence-corrected chi connectivity index (χ3v) is 4.29. The van der Waals surface area contributed by atoms with Gasteiger partial charge < -0.3 is 0 Å². The second-order valence-corrected chi connectivity index (χ2v) is 5.61. The molecule has 2 heterocycles. The predicted octanol–water partition coefficient (Wildman–Crippen LogP) is 3.05. The average Bonchev–Trinajstić information content (AvgIpc) is 2.35. The van der Waals surface area contributed by atoms with Crippen molar-refractivity contribution in [1.29, 1.82) is 0 Å². The van der Waals surface area contributed by atoms with Crippen molar-refractivity contribution < 1.29 is 13.6 Å². The summed E-state index contributed by atoms with van der Waals surface area (Å²) in [7, 11) is 0. The molecule has 102 valence electrons. The predicted molar refractivity (Wildman–Crippen MR) is 67.6 cm³/mol. The van der Waals surface area contributed by atoms with E-state index in [2.05, 4.69) is 4.90 Å². The molecule has 2 aliphatic heterocycles. The Morgan fingerprint density at radius 2 is 1.79 bits per heavy atom. The maximum atomic E-state index is 13.2. The molecular formula is C15H17F2NO. The first-order valence-corrected chi connectivity index (χ1v) is 6.85. The molecule has 3 rings (SSSR count). The molecule has 2 fully saturated rings. The van der Waals surface area contributed by atoms with Crippen LogP contribution in [0, 0.1) is 11.6 Å². The van der Waals surface area contributed by atoms with E-state index in [-0.39, 0.29) is 12.1 Å². The van der Waals surface area contributed by atoms with Gasteiger partial charge in [0.25, 0.3) is 0 Å². The van der Waals surface area contributed by atoms with Gasteiger partial charge in [0.2, 0.25) is 0 Å². The van der Waals surface area contributed by atoms with Crippen LogP contribution in [-0.2, 0) is 11.3 Å². The fourth-order valence-electron chi connectivity index (χ4n) is 3.37. The maximum absolute atomic E-state index is 13.2. The molecule has 2 bridgehead atoms. The van der Waals surface area contributed by atoms with Gasteiger partial charge >= 0.3 is 0 Å². The summed E-state index contributed by atoms with van der Waals surface area (Å²) in [4.78, 5) is 13.9. The van der Waals surface area contributed by atoms with E-state index in [9.17, 15) is 13.6 Å². The maximum Gasteiger partial charge on any atom is 0.159 e. The molecule has 0 aliphatic carbocycles. The molecule has 0 amide bonds. The molecule has 0 N–H and O–H groups in total. The van der Waals surface area contributed by atoms with Gasteiger partial charge in [0.15, 0.2) is 11.6 Å². The number of fused-ring (bicyclic) bond motifs is 2. The summed E-state index contributed by atoms with van der Waals surface area (Å²) in [5, 5.41) is 0. The average molecular weight is 265 g/mol. The Morgan fingerprint density at radius 3 is 2.42 bits per heavy atom. The second-order valence-electron chi connectivity index (χ2n) is 5.61. The van der Waals surface area contributed by atoms with E-state index in [1.54, 1.807) is 6.07 Å². The normalized spacial score (nSPS) is 27.6. The number of nitrogens with zero attached hydrogens (tertiary/aromatic N) is 1. The van der Waals surface area contributed by atoms with Crippen LogP contribution < -0.4 is 0 Å². The number of carbonyl (C=O) groups excluding carboxylic acids is 1. The van der Waals surface area contributed by atoms with Crippen LogP contribution in [0.3, 0.4) is 0 Å². The number of Topliss-reactive ketones (excluding diaryl/α,β-unsaturated/α-hetero) is 1. The van der Waals surface area contributed by atoms with Crippen molar-refractivity contribution in [1.82, 2.24) is 4.90 Å². The first kappa shape index (κ1) is 12.7. The summed E-state index contributed by atoms with van der Waals surface area (Å²) >= 11 is 0. The molecule has 1 aromatic carbocycles. The van der Waals surface area contributed by atoms with E-state index in [0.29, 0.717) is 25.2 Å². The standard InChI is InChI=1S/C15H17F2NO/c16-14-5-4-10(6-15(14)17)9-18-11-2-1-3-12(18)8-13(19)7-11/h4-6,11-12H,1-3,7-9H2. The van der Waals surface area contributed by atoms with Crippen molar-refractivity contribution >= 4 is 5.78 Å². The van der Waals surface area contributed by atoms with Gasteiger partial charge in [-0.05, 0) is 30.5 Å². The van der Waals surface area contributed by atoms with E-state index in [1.165, 1.54) is 12.1 Å². The van der Waals surface area contributed by atoms with Crippen LogP contribution in [0.1, 0.15) is 37.7 Å². The van der Waals surface area contributed by atoms with E-state index in [0.717, 1.165) is 24.8 Å². The summed E-state index contributed by atoms with van der Waals surface area (Å²) in [6.07, 6.45) is 4.45. The van der Waals surface area contributed by atoms with Gasteiger partial charge in [-0.15, -0.1) is 0 Å². The highest BCUT2D eigenvalue weighted by Crippen LogP contribution is 2.33. The Hall–Kier alpha value is -1.29. The van der Waals surface area contributed by atoms with Gasteiger partial charge in [-0.3, -0.25) is 9.69 Å². The zero-order valence-electron chi connectivity index (χ0n) is 10.7. The minimum atomic E-state index is -0.808. The molecular weight excluding hydrogens is 248 g/mol. The SMILES string of the molecule is O=C1CC2CCCC(C1)N2Cc1ccc(F)c(F)c1. The van der Waals surface area contributed by atoms with Gasteiger partial charge in [0.05, 0.1) is 0 Å². The topological polar surface area (TPSA) is 20.3 Å². The van der Waals surface area contributed by atoms with E-state index < -0.39 is 11.6 Å². The Bertz CT molecular complexity index is 487. The lowest BCUT2D eigenvalue weighted by atomic mass is 9.83. The van der Waals surface area contributed by atoms with Crippen molar-refractivity contribution in [2.24, 2.45) is 0 Å². The summed E-state index contributed by atoms with van der Waals surface area (Å²) in [5.41, 5.74) is 0.783. The molecule has 0 aromatic heterocycles. The highest BCUT2D eigenvalue weighted by molar-refractivity contribution is 5.80. The number of benzene rings is 1. The highest BCUT2D eigenvalue weighted by atomic mass is 19.2. The van der Waals surface area contributed by atoms with Gasteiger partial charge in [0.1, 0.15) is 5.78 Å². The fourth-order valence-corrected chi connectivity index (χ4v) is 3.37. The smallest absolute Gasteiger partial charge is 0.159 e. The van der Waals surface area contributed by atoms with Crippen molar-refractivity contribution in [3.05, 3.63) is 35.4 Å². The summed E-state index contributed by atoms with van der Waals surface area (Å²) < 4.78 is 26.2. The minimum Gasteiger partial charge on any atom is -0.300 e.